The Bertz CT molecular complexity index is 754. The van der Waals surface area contributed by atoms with Gasteiger partial charge in [-0.3, -0.25) is 4.68 Å². The summed E-state index contributed by atoms with van der Waals surface area (Å²) >= 11 is 0. The van der Waals surface area contributed by atoms with Crippen LogP contribution in [0.2, 0.25) is 0 Å². The van der Waals surface area contributed by atoms with Gasteiger partial charge in [0.25, 0.3) is 6.43 Å². The molecule has 1 N–H and O–H groups in total. The molecule has 26 heavy (non-hydrogen) atoms. The number of nitrogens with one attached hydrogen (secondary N) is 1. The fourth-order valence-corrected chi connectivity index (χ4v) is 3.30. The number of benzene rings is 1. The third-order valence-electron chi connectivity index (χ3n) is 4.65. The molecule has 0 spiro atoms. The largest absolute Gasteiger partial charge is 0.383 e. The van der Waals surface area contributed by atoms with Crippen molar-refractivity contribution in [3.63, 3.8) is 0 Å². The van der Waals surface area contributed by atoms with Gasteiger partial charge in [0.2, 0.25) is 0 Å². The van der Waals surface area contributed by atoms with E-state index in [2.05, 4.69) is 40.6 Å². The second-order valence-corrected chi connectivity index (χ2v) is 6.52. The van der Waals surface area contributed by atoms with Gasteiger partial charge >= 0.3 is 0 Å². The molecule has 6 heteroatoms. The standard InChI is InChI=1S/C20H24F2N4/c1-15(14-25-12-10-18(24-25)20(21)22)26-11-6-9-19(26)16(2)23-13-17-7-4-3-5-8-17/h3-5,7-8,10,12,19-20,23H,1-2,6,9,11,13-14H2. The van der Waals surface area contributed by atoms with E-state index in [9.17, 15) is 8.78 Å². The zero-order valence-electron chi connectivity index (χ0n) is 14.7. The SMILES string of the molecule is C=C(NCc1ccccc1)C1CCCN1C(=C)Cn1ccc(C(F)F)n1. The molecule has 1 aromatic carbocycles. The lowest BCUT2D eigenvalue weighted by Gasteiger charge is -2.30. The molecule has 1 saturated heterocycles. The van der Waals surface area contributed by atoms with Crippen molar-refractivity contribution in [3.05, 3.63) is 78.4 Å². The van der Waals surface area contributed by atoms with Crippen molar-refractivity contribution in [3.8, 4) is 0 Å². The van der Waals surface area contributed by atoms with Gasteiger partial charge in [-0.15, -0.1) is 0 Å². The molecule has 138 valence electrons. The molecule has 1 aromatic heterocycles. The second-order valence-electron chi connectivity index (χ2n) is 6.52. The summed E-state index contributed by atoms with van der Waals surface area (Å²) in [5.41, 5.74) is 2.82. The molecular formula is C20H24F2N4. The maximum atomic E-state index is 12.7. The van der Waals surface area contributed by atoms with E-state index in [-0.39, 0.29) is 11.7 Å². The molecule has 1 atom stereocenters. The average molecular weight is 358 g/mol. The van der Waals surface area contributed by atoms with Crippen molar-refractivity contribution in [1.29, 1.82) is 0 Å². The topological polar surface area (TPSA) is 33.1 Å². The number of alkyl halides is 2. The van der Waals surface area contributed by atoms with Crippen LogP contribution in [-0.2, 0) is 13.1 Å². The first-order valence-electron chi connectivity index (χ1n) is 8.77. The summed E-state index contributed by atoms with van der Waals surface area (Å²) in [7, 11) is 0. The Morgan fingerprint density at radius 3 is 2.69 bits per heavy atom. The predicted molar refractivity (Wildman–Crippen MR) is 98.5 cm³/mol. The Hall–Kier alpha value is -2.63. The highest BCUT2D eigenvalue weighted by molar-refractivity contribution is 5.18. The van der Waals surface area contributed by atoms with Gasteiger partial charge in [-0.05, 0) is 24.5 Å². The van der Waals surface area contributed by atoms with Crippen LogP contribution in [0.3, 0.4) is 0 Å². The van der Waals surface area contributed by atoms with Crippen molar-refractivity contribution in [2.24, 2.45) is 0 Å². The monoisotopic (exact) mass is 358 g/mol. The van der Waals surface area contributed by atoms with Crippen molar-refractivity contribution in [2.75, 3.05) is 6.54 Å². The third-order valence-corrected chi connectivity index (χ3v) is 4.65. The first-order valence-corrected chi connectivity index (χ1v) is 8.77. The highest BCUT2D eigenvalue weighted by atomic mass is 19.3. The van der Waals surface area contributed by atoms with Gasteiger partial charge in [-0.2, -0.15) is 5.10 Å². The molecule has 1 unspecified atom stereocenters. The number of hydrogen-bond donors (Lipinski definition) is 1. The molecule has 0 bridgehead atoms. The number of hydrogen-bond acceptors (Lipinski definition) is 3. The summed E-state index contributed by atoms with van der Waals surface area (Å²) in [6.07, 6.45) is 1.07. The molecule has 3 rings (SSSR count). The molecular weight excluding hydrogens is 334 g/mol. The van der Waals surface area contributed by atoms with Crippen LogP contribution < -0.4 is 5.32 Å². The molecule has 2 aromatic rings. The normalized spacial score (nSPS) is 16.9. The molecule has 0 aliphatic carbocycles. The van der Waals surface area contributed by atoms with Crippen LogP contribution in [0.1, 0.15) is 30.5 Å². The highest BCUT2D eigenvalue weighted by Crippen LogP contribution is 2.26. The number of likely N-dealkylation sites (tertiary alicyclic amines) is 1. The first-order chi connectivity index (χ1) is 12.5. The molecule has 1 aliphatic rings. The number of aromatic nitrogens is 2. The minimum Gasteiger partial charge on any atom is -0.383 e. The molecule has 0 amide bonds. The van der Waals surface area contributed by atoms with Crippen molar-refractivity contribution in [2.45, 2.75) is 38.4 Å². The van der Waals surface area contributed by atoms with Crippen LogP contribution in [0.4, 0.5) is 8.78 Å². The zero-order chi connectivity index (χ0) is 18.5. The van der Waals surface area contributed by atoms with Crippen LogP contribution in [0.25, 0.3) is 0 Å². The fraction of sp³-hybridized carbons (Fsp3) is 0.350. The molecule has 0 saturated carbocycles. The van der Waals surface area contributed by atoms with Gasteiger partial charge in [0, 0.05) is 30.7 Å². The minimum absolute atomic E-state index is 0.163. The van der Waals surface area contributed by atoms with Crippen LogP contribution >= 0.6 is 0 Å². The van der Waals surface area contributed by atoms with Gasteiger partial charge in [-0.1, -0.05) is 43.5 Å². The lowest BCUT2D eigenvalue weighted by molar-refractivity contribution is 0.145. The van der Waals surface area contributed by atoms with E-state index in [0.717, 1.165) is 37.3 Å². The highest BCUT2D eigenvalue weighted by Gasteiger charge is 2.28. The van der Waals surface area contributed by atoms with E-state index in [1.54, 1.807) is 6.20 Å². The summed E-state index contributed by atoms with van der Waals surface area (Å²) in [6.45, 7) is 10.4. The van der Waals surface area contributed by atoms with E-state index in [1.165, 1.54) is 16.3 Å². The summed E-state index contributed by atoms with van der Waals surface area (Å²) in [4.78, 5) is 2.20. The van der Waals surface area contributed by atoms with Crippen LogP contribution in [0, 0.1) is 0 Å². The van der Waals surface area contributed by atoms with E-state index in [4.69, 9.17) is 0 Å². The Balaban J connectivity index is 1.57. The number of rotatable bonds is 8. The summed E-state index contributed by atoms with van der Waals surface area (Å²) in [5.74, 6) is 0. The van der Waals surface area contributed by atoms with Crippen LogP contribution in [-0.4, -0.2) is 27.3 Å². The maximum Gasteiger partial charge on any atom is 0.282 e. The van der Waals surface area contributed by atoms with Gasteiger partial charge in [0.15, 0.2) is 0 Å². The van der Waals surface area contributed by atoms with Gasteiger partial charge in [0.05, 0.1) is 12.6 Å². The van der Waals surface area contributed by atoms with Crippen LogP contribution in [0.15, 0.2) is 67.1 Å². The number of halogens is 2. The molecule has 2 heterocycles. The Morgan fingerprint density at radius 2 is 2.00 bits per heavy atom. The minimum atomic E-state index is -2.55. The lowest BCUT2D eigenvalue weighted by Crippen LogP contribution is -2.35. The number of nitrogens with zero attached hydrogens (tertiary/aromatic N) is 3. The molecule has 0 radical (unpaired) electrons. The smallest absolute Gasteiger partial charge is 0.282 e. The third kappa shape index (κ3) is 4.31. The maximum absolute atomic E-state index is 12.7. The molecule has 1 fully saturated rings. The fourth-order valence-electron chi connectivity index (χ4n) is 3.30. The second kappa shape index (κ2) is 8.17. The summed E-state index contributed by atoms with van der Waals surface area (Å²) < 4.78 is 26.9. The predicted octanol–water partition coefficient (Wildman–Crippen LogP) is 4.10. The van der Waals surface area contributed by atoms with Gasteiger partial charge in [0.1, 0.15) is 5.69 Å². The number of allylic oxidation sites excluding steroid dienone is 1. The van der Waals surface area contributed by atoms with Crippen molar-refractivity contribution in [1.82, 2.24) is 20.0 Å². The summed E-state index contributed by atoms with van der Waals surface area (Å²) in [5, 5.41) is 7.32. The quantitative estimate of drug-likeness (QED) is 0.771. The van der Waals surface area contributed by atoms with Crippen molar-refractivity contribution >= 4 is 0 Å². The Kier molecular flexibility index (Phi) is 5.71. The van der Waals surface area contributed by atoms with Gasteiger partial charge in [-0.25, -0.2) is 8.78 Å². The van der Waals surface area contributed by atoms with E-state index >= 15 is 0 Å². The molecule has 4 nitrogen and oxygen atoms in total. The lowest BCUT2D eigenvalue weighted by atomic mass is 10.1. The van der Waals surface area contributed by atoms with Crippen molar-refractivity contribution < 1.29 is 8.78 Å². The van der Waals surface area contributed by atoms with Crippen LogP contribution in [0.5, 0.6) is 0 Å². The van der Waals surface area contributed by atoms with Gasteiger partial charge < -0.3 is 10.2 Å². The zero-order valence-corrected chi connectivity index (χ0v) is 14.7. The van der Waals surface area contributed by atoms with E-state index in [1.807, 2.05) is 18.2 Å². The summed E-state index contributed by atoms with van der Waals surface area (Å²) in [6, 6.07) is 11.7. The Morgan fingerprint density at radius 1 is 1.23 bits per heavy atom. The molecule has 1 aliphatic heterocycles. The Labute approximate surface area is 152 Å². The average Bonchev–Trinajstić information content (AvgIpc) is 3.30. The van der Waals surface area contributed by atoms with E-state index < -0.39 is 6.43 Å². The first kappa shape index (κ1) is 18.2. The van der Waals surface area contributed by atoms with E-state index in [0.29, 0.717) is 6.54 Å².